The van der Waals surface area contributed by atoms with Crippen molar-refractivity contribution in [3.8, 4) is 0 Å². The molecule has 2 nitrogen and oxygen atoms in total. The van der Waals surface area contributed by atoms with E-state index in [2.05, 4.69) is 24.1 Å². The fourth-order valence-corrected chi connectivity index (χ4v) is 3.80. The summed E-state index contributed by atoms with van der Waals surface area (Å²) in [6, 6.07) is 0.600. The largest absolute Gasteiger partial charge is 0.309 e. The van der Waals surface area contributed by atoms with E-state index >= 15 is 0 Å². The molecule has 0 amide bonds. The Morgan fingerprint density at radius 3 is 3.06 bits per heavy atom. The van der Waals surface area contributed by atoms with Crippen LogP contribution in [0.4, 0.5) is 0 Å². The summed E-state index contributed by atoms with van der Waals surface area (Å²) in [5, 5.41) is 4.99. The number of aromatic nitrogens is 1. The standard InChI is InChI=1S/C13H20N2S/c1-8-6-10(8)7-14-11-4-3-5-12-13(11)16-9(2)15-12/h8,10-11,14H,3-7H2,1-2H3. The highest BCUT2D eigenvalue weighted by molar-refractivity contribution is 7.11. The van der Waals surface area contributed by atoms with E-state index in [1.807, 2.05) is 11.3 Å². The molecule has 3 heteroatoms. The fraction of sp³-hybridized carbons (Fsp3) is 0.769. The average molecular weight is 236 g/mol. The van der Waals surface area contributed by atoms with Crippen molar-refractivity contribution in [1.29, 1.82) is 0 Å². The molecule has 1 aromatic heterocycles. The van der Waals surface area contributed by atoms with E-state index in [0.717, 1.165) is 11.8 Å². The van der Waals surface area contributed by atoms with Crippen molar-refractivity contribution in [2.45, 2.75) is 45.6 Å². The zero-order valence-corrected chi connectivity index (χ0v) is 10.9. The van der Waals surface area contributed by atoms with Crippen LogP contribution in [0.3, 0.4) is 0 Å². The maximum absolute atomic E-state index is 4.64. The molecule has 1 saturated carbocycles. The van der Waals surface area contributed by atoms with Crippen LogP contribution < -0.4 is 5.32 Å². The number of nitrogens with one attached hydrogen (secondary N) is 1. The molecule has 16 heavy (non-hydrogen) atoms. The maximum atomic E-state index is 4.64. The molecule has 1 fully saturated rings. The van der Waals surface area contributed by atoms with E-state index in [1.54, 1.807) is 0 Å². The minimum atomic E-state index is 0.600. The van der Waals surface area contributed by atoms with Crippen molar-refractivity contribution in [3.05, 3.63) is 15.6 Å². The van der Waals surface area contributed by atoms with E-state index in [0.29, 0.717) is 6.04 Å². The van der Waals surface area contributed by atoms with Gasteiger partial charge in [0.1, 0.15) is 0 Å². The van der Waals surface area contributed by atoms with Crippen LogP contribution in [0.25, 0.3) is 0 Å². The molecule has 3 unspecified atom stereocenters. The second-order valence-electron chi connectivity index (χ2n) is 5.37. The molecular weight excluding hydrogens is 216 g/mol. The van der Waals surface area contributed by atoms with Gasteiger partial charge in [-0.25, -0.2) is 4.98 Å². The lowest BCUT2D eigenvalue weighted by atomic mass is 9.98. The Hall–Kier alpha value is -0.410. The minimum absolute atomic E-state index is 0.600. The molecule has 0 aromatic carbocycles. The number of nitrogens with zero attached hydrogens (tertiary/aromatic N) is 1. The summed E-state index contributed by atoms with van der Waals surface area (Å²) in [7, 11) is 0. The Bertz CT molecular complexity index is 385. The van der Waals surface area contributed by atoms with E-state index < -0.39 is 0 Å². The van der Waals surface area contributed by atoms with Gasteiger partial charge in [0.05, 0.1) is 10.7 Å². The monoisotopic (exact) mass is 236 g/mol. The summed E-state index contributed by atoms with van der Waals surface area (Å²) in [5.41, 5.74) is 1.37. The van der Waals surface area contributed by atoms with Gasteiger partial charge in [-0.1, -0.05) is 6.92 Å². The molecule has 2 aliphatic carbocycles. The lowest BCUT2D eigenvalue weighted by Crippen LogP contribution is -2.26. The first-order chi connectivity index (χ1) is 7.74. The van der Waals surface area contributed by atoms with Crippen LogP contribution in [-0.2, 0) is 6.42 Å². The third-order valence-corrected chi connectivity index (χ3v) is 5.09. The number of hydrogen-bond donors (Lipinski definition) is 1. The fourth-order valence-electron chi connectivity index (χ4n) is 2.71. The van der Waals surface area contributed by atoms with E-state index in [9.17, 15) is 0 Å². The summed E-state index contributed by atoms with van der Waals surface area (Å²) < 4.78 is 0. The summed E-state index contributed by atoms with van der Waals surface area (Å²) in [5.74, 6) is 1.90. The van der Waals surface area contributed by atoms with Gasteiger partial charge in [0, 0.05) is 10.9 Å². The molecule has 0 aliphatic heterocycles. The summed E-state index contributed by atoms with van der Waals surface area (Å²) in [4.78, 5) is 6.16. The third kappa shape index (κ3) is 2.03. The van der Waals surface area contributed by atoms with Crippen LogP contribution in [-0.4, -0.2) is 11.5 Å². The van der Waals surface area contributed by atoms with Crippen molar-refractivity contribution < 1.29 is 0 Å². The highest BCUT2D eigenvalue weighted by Crippen LogP contribution is 2.39. The Morgan fingerprint density at radius 2 is 2.31 bits per heavy atom. The molecule has 1 N–H and O–H groups in total. The zero-order valence-electron chi connectivity index (χ0n) is 10.1. The zero-order chi connectivity index (χ0) is 11.1. The van der Waals surface area contributed by atoms with Gasteiger partial charge < -0.3 is 5.32 Å². The second kappa shape index (κ2) is 4.11. The molecule has 0 spiro atoms. The molecule has 1 heterocycles. The summed E-state index contributed by atoms with van der Waals surface area (Å²) >= 11 is 1.90. The Labute approximate surface area is 101 Å². The van der Waals surface area contributed by atoms with Crippen molar-refractivity contribution >= 4 is 11.3 Å². The van der Waals surface area contributed by atoms with Crippen LogP contribution in [0.5, 0.6) is 0 Å². The highest BCUT2D eigenvalue weighted by Gasteiger charge is 2.33. The quantitative estimate of drug-likeness (QED) is 0.872. The third-order valence-electron chi connectivity index (χ3n) is 3.96. The van der Waals surface area contributed by atoms with Gasteiger partial charge in [0.25, 0.3) is 0 Å². The first kappa shape index (κ1) is 10.7. The molecule has 2 aliphatic rings. The lowest BCUT2D eigenvalue weighted by Gasteiger charge is -2.22. The highest BCUT2D eigenvalue weighted by atomic mass is 32.1. The van der Waals surface area contributed by atoms with Crippen molar-refractivity contribution in [1.82, 2.24) is 10.3 Å². The number of rotatable bonds is 3. The smallest absolute Gasteiger partial charge is 0.0900 e. The number of hydrogen-bond acceptors (Lipinski definition) is 3. The molecule has 88 valence electrons. The van der Waals surface area contributed by atoms with Crippen molar-refractivity contribution in [3.63, 3.8) is 0 Å². The van der Waals surface area contributed by atoms with Crippen molar-refractivity contribution in [2.24, 2.45) is 11.8 Å². The van der Waals surface area contributed by atoms with Gasteiger partial charge in [-0.05, 0) is 51.0 Å². The normalized spacial score (nSPS) is 32.5. The summed E-state index contributed by atoms with van der Waals surface area (Å²) in [6.45, 7) is 5.70. The van der Waals surface area contributed by atoms with Crippen LogP contribution in [0.1, 0.15) is 47.8 Å². The van der Waals surface area contributed by atoms with E-state index in [4.69, 9.17) is 0 Å². The number of fused-ring (bicyclic) bond motifs is 1. The predicted molar refractivity (Wildman–Crippen MR) is 67.8 cm³/mol. The SMILES string of the molecule is Cc1nc2c(s1)C(NCC1CC1C)CCC2. The number of aryl methyl sites for hydroxylation is 2. The lowest BCUT2D eigenvalue weighted by molar-refractivity contribution is 0.449. The first-order valence-corrected chi connectivity index (χ1v) is 7.25. The Morgan fingerprint density at radius 1 is 1.50 bits per heavy atom. The van der Waals surface area contributed by atoms with Crippen LogP contribution in [0, 0.1) is 18.8 Å². The van der Waals surface area contributed by atoms with Crippen LogP contribution in [0.15, 0.2) is 0 Å². The van der Waals surface area contributed by atoms with Gasteiger partial charge >= 0.3 is 0 Å². The van der Waals surface area contributed by atoms with E-state index in [-0.39, 0.29) is 0 Å². The molecular formula is C13H20N2S. The predicted octanol–water partition coefficient (Wildman–Crippen LogP) is 3.07. The second-order valence-corrected chi connectivity index (χ2v) is 6.60. The van der Waals surface area contributed by atoms with Crippen molar-refractivity contribution in [2.75, 3.05) is 6.54 Å². The Kier molecular flexibility index (Phi) is 2.76. The average Bonchev–Trinajstić information content (AvgIpc) is 2.81. The summed E-state index contributed by atoms with van der Waals surface area (Å²) in [6.07, 6.45) is 5.22. The van der Waals surface area contributed by atoms with E-state index in [1.165, 1.54) is 47.8 Å². The van der Waals surface area contributed by atoms with Crippen LogP contribution >= 0.6 is 11.3 Å². The molecule has 3 rings (SSSR count). The molecule has 3 atom stereocenters. The van der Waals surface area contributed by atoms with Gasteiger partial charge in [0.2, 0.25) is 0 Å². The Balaban J connectivity index is 1.67. The molecule has 0 saturated heterocycles. The molecule has 1 aromatic rings. The number of thiazole rings is 1. The van der Waals surface area contributed by atoms with Gasteiger partial charge in [-0.2, -0.15) is 0 Å². The maximum Gasteiger partial charge on any atom is 0.0900 e. The molecule has 0 bridgehead atoms. The minimum Gasteiger partial charge on any atom is -0.309 e. The van der Waals surface area contributed by atoms with Gasteiger partial charge in [-0.15, -0.1) is 11.3 Å². The first-order valence-electron chi connectivity index (χ1n) is 6.43. The van der Waals surface area contributed by atoms with Crippen LogP contribution in [0.2, 0.25) is 0 Å². The van der Waals surface area contributed by atoms with Gasteiger partial charge in [0.15, 0.2) is 0 Å². The van der Waals surface area contributed by atoms with Gasteiger partial charge in [-0.3, -0.25) is 0 Å². The topological polar surface area (TPSA) is 24.9 Å². The molecule has 0 radical (unpaired) electrons.